The van der Waals surface area contributed by atoms with Crippen molar-refractivity contribution in [2.75, 3.05) is 20.3 Å². The predicted octanol–water partition coefficient (Wildman–Crippen LogP) is 2.75. The van der Waals surface area contributed by atoms with Crippen LogP contribution in [0.25, 0.3) is 0 Å². The topological polar surface area (TPSA) is 44.5 Å². The second kappa shape index (κ2) is 6.76. The lowest BCUT2D eigenvalue weighted by atomic mass is 10.1. The summed E-state index contributed by atoms with van der Waals surface area (Å²) in [5.41, 5.74) is 6.70. The van der Waals surface area contributed by atoms with Crippen LogP contribution in [0.2, 0.25) is 0 Å². The molecule has 1 aromatic carbocycles. The number of nitrogens with two attached hydrogens (primary N) is 1. The molecule has 0 heterocycles. The first-order valence-corrected chi connectivity index (χ1v) is 6.21. The fourth-order valence-electron chi connectivity index (χ4n) is 1.51. The van der Waals surface area contributed by atoms with Gasteiger partial charge in [-0.2, -0.15) is 0 Å². The van der Waals surface area contributed by atoms with Gasteiger partial charge in [-0.3, -0.25) is 0 Å². The third-order valence-corrected chi connectivity index (χ3v) is 2.84. The lowest BCUT2D eigenvalue weighted by molar-refractivity contribution is 0.308. The molecular weight excluding hydrogens is 270 g/mol. The van der Waals surface area contributed by atoms with Crippen LogP contribution in [0.15, 0.2) is 16.6 Å². The highest BCUT2D eigenvalue weighted by molar-refractivity contribution is 9.10. The number of benzene rings is 1. The second-order valence-corrected chi connectivity index (χ2v) is 4.29. The van der Waals surface area contributed by atoms with E-state index in [0.717, 1.165) is 28.8 Å². The Balaban J connectivity index is 2.96. The van der Waals surface area contributed by atoms with Crippen LogP contribution in [0.3, 0.4) is 0 Å². The molecule has 16 heavy (non-hydrogen) atoms. The van der Waals surface area contributed by atoms with Crippen LogP contribution in [0.4, 0.5) is 0 Å². The summed E-state index contributed by atoms with van der Waals surface area (Å²) in [6.07, 6.45) is 1.93. The maximum absolute atomic E-state index is 5.52. The van der Waals surface area contributed by atoms with E-state index in [1.165, 1.54) is 5.56 Å². The molecule has 3 nitrogen and oxygen atoms in total. The summed E-state index contributed by atoms with van der Waals surface area (Å²) in [5.74, 6) is 1.53. The van der Waals surface area contributed by atoms with Gasteiger partial charge in [0.05, 0.1) is 18.2 Å². The minimum absolute atomic E-state index is 0.622. The smallest absolute Gasteiger partial charge is 0.175 e. The van der Waals surface area contributed by atoms with Crippen LogP contribution in [-0.4, -0.2) is 20.3 Å². The number of methoxy groups -OCH3 is 1. The van der Waals surface area contributed by atoms with Crippen LogP contribution in [0, 0.1) is 0 Å². The molecule has 0 aromatic heterocycles. The maximum Gasteiger partial charge on any atom is 0.175 e. The molecule has 0 atom stereocenters. The molecule has 0 spiro atoms. The van der Waals surface area contributed by atoms with E-state index in [4.69, 9.17) is 15.2 Å². The van der Waals surface area contributed by atoms with E-state index in [1.54, 1.807) is 7.11 Å². The predicted molar refractivity (Wildman–Crippen MR) is 69.2 cm³/mol. The Kier molecular flexibility index (Phi) is 5.63. The molecule has 2 N–H and O–H groups in total. The minimum Gasteiger partial charge on any atom is -0.493 e. The Morgan fingerprint density at radius 2 is 2.12 bits per heavy atom. The molecule has 0 saturated heterocycles. The monoisotopic (exact) mass is 287 g/mol. The van der Waals surface area contributed by atoms with E-state index in [0.29, 0.717) is 13.2 Å². The molecule has 1 aromatic rings. The summed E-state index contributed by atoms with van der Waals surface area (Å²) >= 11 is 3.50. The van der Waals surface area contributed by atoms with E-state index in [-0.39, 0.29) is 0 Å². The molecule has 0 bridgehead atoms. The van der Waals surface area contributed by atoms with Crippen molar-refractivity contribution in [3.63, 3.8) is 0 Å². The highest BCUT2D eigenvalue weighted by Gasteiger charge is 2.10. The van der Waals surface area contributed by atoms with Gasteiger partial charge in [0, 0.05) is 0 Å². The van der Waals surface area contributed by atoms with Crippen molar-refractivity contribution in [3.05, 3.63) is 22.2 Å². The molecule has 0 unspecified atom stereocenters. The van der Waals surface area contributed by atoms with Gasteiger partial charge in [0.2, 0.25) is 0 Å². The Hall–Kier alpha value is -0.740. The fraction of sp³-hybridized carbons (Fsp3) is 0.500. The Labute approximate surface area is 105 Å². The number of hydrogen-bond acceptors (Lipinski definition) is 3. The summed E-state index contributed by atoms with van der Waals surface area (Å²) < 4.78 is 11.8. The van der Waals surface area contributed by atoms with Gasteiger partial charge in [-0.1, -0.05) is 0 Å². The van der Waals surface area contributed by atoms with Crippen molar-refractivity contribution >= 4 is 15.9 Å². The average Bonchev–Trinajstić information content (AvgIpc) is 2.29. The van der Waals surface area contributed by atoms with Crippen molar-refractivity contribution in [2.45, 2.75) is 19.8 Å². The quantitative estimate of drug-likeness (QED) is 0.875. The normalized spacial score (nSPS) is 10.2. The van der Waals surface area contributed by atoms with Crippen LogP contribution in [0.5, 0.6) is 11.5 Å². The van der Waals surface area contributed by atoms with Gasteiger partial charge in [0.15, 0.2) is 11.5 Å². The van der Waals surface area contributed by atoms with Gasteiger partial charge < -0.3 is 15.2 Å². The first kappa shape index (κ1) is 13.3. The van der Waals surface area contributed by atoms with E-state index in [2.05, 4.69) is 22.0 Å². The molecule has 0 fully saturated rings. The first-order chi connectivity index (χ1) is 7.72. The van der Waals surface area contributed by atoms with Crippen molar-refractivity contribution in [2.24, 2.45) is 5.73 Å². The largest absolute Gasteiger partial charge is 0.493 e. The zero-order valence-corrected chi connectivity index (χ0v) is 11.3. The molecule has 0 aliphatic rings. The van der Waals surface area contributed by atoms with Crippen LogP contribution >= 0.6 is 15.9 Å². The Morgan fingerprint density at radius 1 is 1.38 bits per heavy atom. The number of aryl methyl sites for hydroxylation is 1. The first-order valence-electron chi connectivity index (χ1n) is 5.42. The van der Waals surface area contributed by atoms with Crippen LogP contribution < -0.4 is 15.2 Å². The molecule has 0 radical (unpaired) electrons. The maximum atomic E-state index is 5.52. The zero-order valence-electron chi connectivity index (χ0n) is 9.75. The minimum atomic E-state index is 0.622. The van der Waals surface area contributed by atoms with Gasteiger partial charge in [0.1, 0.15) is 0 Å². The van der Waals surface area contributed by atoms with Crippen molar-refractivity contribution in [1.29, 1.82) is 0 Å². The van der Waals surface area contributed by atoms with Crippen molar-refractivity contribution in [1.82, 2.24) is 0 Å². The van der Waals surface area contributed by atoms with Crippen LogP contribution in [-0.2, 0) is 6.42 Å². The molecule has 90 valence electrons. The summed E-state index contributed by atoms with van der Waals surface area (Å²) in [5, 5.41) is 0. The highest BCUT2D eigenvalue weighted by atomic mass is 79.9. The third kappa shape index (κ3) is 3.39. The van der Waals surface area contributed by atoms with E-state index < -0.39 is 0 Å². The summed E-state index contributed by atoms with van der Waals surface area (Å²) in [7, 11) is 1.65. The molecule has 0 aliphatic carbocycles. The molecule has 0 aliphatic heterocycles. The lowest BCUT2D eigenvalue weighted by Crippen LogP contribution is -2.02. The fourth-order valence-corrected chi connectivity index (χ4v) is 2.11. The van der Waals surface area contributed by atoms with Gasteiger partial charge in [0.25, 0.3) is 0 Å². The number of rotatable bonds is 6. The van der Waals surface area contributed by atoms with Gasteiger partial charge in [-0.15, -0.1) is 0 Å². The Morgan fingerprint density at radius 3 is 2.69 bits per heavy atom. The zero-order chi connectivity index (χ0) is 12.0. The third-order valence-electron chi connectivity index (χ3n) is 2.25. The van der Waals surface area contributed by atoms with E-state index in [1.807, 2.05) is 13.0 Å². The van der Waals surface area contributed by atoms with Gasteiger partial charge in [-0.05, 0) is 59.9 Å². The highest BCUT2D eigenvalue weighted by Crippen LogP contribution is 2.36. The van der Waals surface area contributed by atoms with Gasteiger partial charge >= 0.3 is 0 Å². The summed E-state index contributed by atoms with van der Waals surface area (Å²) in [6.45, 7) is 3.28. The van der Waals surface area contributed by atoms with Crippen molar-refractivity contribution < 1.29 is 9.47 Å². The molecular formula is C12H18BrNO2. The molecule has 1 rings (SSSR count). The average molecular weight is 288 g/mol. The summed E-state index contributed by atoms with van der Waals surface area (Å²) in [4.78, 5) is 0. The number of hydrogen-bond donors (Lipinski definition) is 1. The lowest BCUT2D eigenvalue weighted by Gasteiger charge is -2.13. The number of ether oxygens (including phenoxy) is 2. The Bertz CT molecular complexity index is 342. The molecule has 4 heteroatoms. The summed E-state index contributed by atoms with van der Waals surface area (Å²) in [6, 6.07) is 4.06. The van der Waals surface area contributed by atoms with E-state index >= 15 is 0 Å². The number of halogens is 1. The van der Waals surface area contributed by atoms with Crippen LogP contribution in [0.1, 0.15) is 18.9 Å². The van der Waals surface area contributed by atoms with Gasteiger partial charge in [-0.25, -0.2) is 0 Å². The van der Waals surface area contributed by atoms with E-state index in [9.17, 15) is 0 Å². The van der Waals surface area contributed by atoms with Crippen molar-refractivity contribution in [3.8, 4) is 11.5 Å². The SMILES string of the molecule is CCOc1c(Br)cc(CCCN)cc1OC. The molecule has 0 saturated carbocycles. The standard InChI is InChI=1S/C12H18BrNO2/c1-3-16-12-10(13)7-9(5-4-6-14)8-11(12)15-2/h7-8H,3-6,14H2,1-2H3. The second-order valence-electron chi connectivity index (χ2n) is 3.43. The molecule has 0 amide bonds.